The minimum atomic E-state index is -0.109. The largest absolute Gasteiger partial charge is 0.497 e. The van der Waals surface area contributed by atoms with Crippen LogP contribution in [0.1, 0.15) is 5.56 Å². The first-order chi connectivity index (χ1) is 10.6. The van der Waals surface area contributed by atoms with Crippen LogP contribution in [0.3, 0.4) is 0 Å². The van der Waals surface area contributed by atoms with Crippen molar-refractivity contribution in [2.75, 3.05) is 19.0 Å². The number of methoxy groups -OCH3 is 1. The second-order valence-electron chi connectivity index (χ2n) is 4.61. The van der Waals surface area contributed by atoms with Crippen LogP contribution in [-0.4, -0.2) is 19.6 Å². The van der Waals surface area contributed by atoms with E-state index in [0.717, 1.165) is 17.0 Å². The summed E-state index contributed by atoms with van der Waals surface area (Å²) < 4.78 is 5.08. The molecule has 116 valence electrons. The summed E-state index contributed by atoms with van der Waals surface area (Å²) in [6.07, 6.45) is 0. The minimum absolute atomic E-state index is 0.109. The van der Waals surface area contributed by atoms with Crippen LogP contribution in [0.4, 0.5) is 5.69 Å². The molecule has 0 aliphatic carbocycles. The van der Waals surface area contributed by atoms with Gasteiger partial charge in [-0.1, -0.05) is 35.3 Å². The highest BCUT2D eigenvalue weighted by molar-refractivity contribution is 6.42. The van der Waals surface area contributed by atoms with Gasteiger partial charge in [0.05, 0.1) is 23.7 Å². The third-order valence-corrected chi connectivity index (χ3v) is 3.76. The lowest BCUT2D eigenvalue weighted by molar-refractivity contribution is -0.119. The quantitative estimate of drug-likeness (QED) is 0.843. The zero-order chi connectivity index (χ0) is 15.9. The van der Waals surface area contributed by atoms with Crippen LogP contribution >= 0.6 is 23.2 Å². The number of rotatable bonds is 6. The van der Waals surface area contributed by atoms with Crippen LogP contribution in [0, 0.1) is 0 Å². The zero-order valence-corrected chi connectivity index (χ0v) is 13.5. The Morgan fingerprint density at radius 3 is 2.45 bits per heavy atom. The number of anilines is 1. The van der Waals surface area contributed by atoms with Crippen LogP contribution in [0.5, 0.6) is 5.75 Å². The molecular formula is C16H16Cl2N2O2. The first-order valence-corrected chi connectivity index (χ1v) is 7.42. The number of carbonyl (C=O) groups is 1. The molecule has 0 unspecified atom stereocenters. The fourth-order valence-corrected chi connectivity index (χ4v) is 2.09. The summed E-state index contributed by atoms with van der Waals surface area (Å²) in [5.41, 5.74) is 1.75. The molecule has 0 radical (unpaired) electrons. The van der Waals surface area contributed by atoms with Gasteiger partial charge in [0.1, 0.15) is 5.75 Å². The van der Waals surface area contributed by atoms with Crippen LogP contribution in [0.2, 0.25) is 10.0 Å². The summed E-state index contributed by atoms with van der Waals surface area (Å²) in [6, 6.07) is 12.7. The fourth-order valence-electron chi connectivity index (χ4n) is 1.79. The number of hydrogen-bond acceptors (Lipinski definition) is 3. The second-order valence-corrected chi connectivity index (χ2v) is 5.42. The molecular weight excluding hydrogens is 323 g/mol. The smallest absolute Gasteiger partial charge is 0.239 e. The van der Waals surface area contributed by atoms with Gasteiger partial charge in [0.2, 0.25) is 5.91 Å². The molecule has 1 amide bonds. The summed E-state index contributed by atoms with van der Waals surface area (Å²) >= 11 is 11.7. The van der Waals surface area contributed by atoms with Crippen LogP contribution in [0.15, 0.2) is 42.5 Å². The maximum absolute atomic E-state index is 11.8. The fraction of sp³-hybridized carbons (Fsp3) is 0.188. The molecule has 0 saturated carbocycles. The summed E-state index contributed by atoms with van der Waals surface area (Å²) in [7, 11) is 1.62. The Morgan fingerprint density at radius 2 is 1.82 bits per heavy atom. The van der Waals surface area contributed by atoms with Crippen molar-refractivity contribution in [2.24, 2.45) is 0 Å². The lowest BCUT2D eigenvalue weighted by atomic mass is 10.2. The zero-order valence-electron chi connectivity index (χ0n) is 12.0. The van der Waals surface area contributed by atoms with Crippen molar-refractivity contribution in [3.63, 3.8) is 0 Å². The van der Waals surface area contributed by atoms with Gasteiger partial charge in [-0.3, -0.25) is 4.79 Å². The van der Waals surface area contributed by atoms with Gasteiger partial charge in [0.25, 0.3) is 0 Å². The highest BCUT2D eigenvalue weighted by atomic mass is 35.5. The first kappa shape index (κ1) is 16.5. The molecule has 2 aromatic rings. The molecule has 0 spiro atoms. The first-order valence-electron chi connectivity index (χ1n) is 6.67. The van der Waals surface area contributed by atoms with Crippen LogP contribution < -0.4 is 15.4 Å². The number of carbonyl (C=O) groups excluding carboxylic acids is 1. The molecule has 2 rings (SSSR count). The Labute approximate surface area is 139 Å². The van der Waals surface area contributed by atoms with Gasteiger partial charge in [-0.25, -0.2) is 0 Å². The molecule has 0 saturated heterocycles. The van der Waals surface area contributed by atoms with Crippen molar-refractivity contribution < 1.29 is 9.53 Å². The third kappa shape index (κ3) is 4.83. The molecule has 0 aromatic heterocycles. The lowest BCUT2D eigenvalue weighted by Crippen LogP contribution is -2.29. The monoisotopic (exact) mass is 338 g/mol. The molecule has 0 aliphatic rings. The maximum atomic E-state index is 11.8. The van der Waals surface area contributed by atoms with Gasteiger partial charge >= 0.3 is 0 Å². The summed E-state index contributed by atoms with van der Waals surface area (Å²) in [4.78, 5) is 11.8. The molecule has 0 fully saturated rings. The number of amides is 1. The normalized spacial score (nSPS) is 10.1. The molecule has 2 aromatic carbocycles. The molecule has 6 heteroatoms. The highest BCUT2D eigenvalue weighted by Gasteiger charge is 2.03. The van der Waals surface area contributed by atoms with Gasteiger partial charge in [0.15, 0.2) is 0 Å². The molecule has 0 aliphatic heterocycles. The Kier molecular flexibility index (Phi) is 5.92. The van der Waals surface area contributed by atoms with Crippen molar-refractivity contribution in [1.29, 1.82) is 0 Å². The average molecular weight is 339 g/mol. The Balaban J connectivity index is 1.78. The lowest BCUT2D eigenvalue weighted by Gasteiger charge is -2.09. The van der Waals surface area contributed by atoms with Crippen molar-refractivity contribution in [3.05, 3.63) is 58.1 Å². The minimum Gasteiger partial charge on any atom is -0.497 e. The van der Waals surface area contributed by atoms with Crippen LogP contribution in [0.25, 0.3) is 0 Å². The van der Waals surface area contributed by atoms with E-state index in [1.807, 2.05) is 24.3 Å². The number of benzene rings is 2. The van der Waals surface area contributed by atoms with Crippen molar-refractivity contribution in [2.45, 2.75) is 6.54 Å². The molecule has 22 heavy (non-hydrogen) atoms. The second kappa shape index (κ2) is 7.92. The molecule has 2 N–H and O–H groups in total. The highest BCUT2D eigenvalue weighted by Crippen LogP contribution is 2.24. The number of halogens is 2. The van der Waals surface area contributed by atoms with Gasteiger partial charge in [-0.2, -0.15) is 0 Å². The number of nitrogens with one attached hydrogen (secondary N) is 2. The van der Waals surface area contributed by atoms with E-state index in [4.69, 9.17) is 27.9 Å². The van der Waals surface area contributed by atoms with Crippen LogP contribution in [-0.2, 0) is 11.3 Å². The Bertz CT molecular complexity index is 645. The predicted molar refractivity (Wildman–Crippen MR) is 89.8 cm³/mol. The van der Waals surface area contributed by atoms with E-state index in [1.165, 1.54) is 0 Å². The topological polar surface area (TPSA) is 50.4 Å². The maximum Gasteiger partial charge on any atom is 0.239 e. The van der Waals surface area contributed by atoms with E-state index in [2.05, 4.69) is 10.6 Å². The van der Waals surface area contributed by atoms with E-state index >= 15 is 0 Å². The third-order valence-electron chi connectivity index (χ3n) is 3.02. The molecule has 0 heterocycles. The molecule has 4 nitrogen and oxygen atoms in total. The molecule has 0 bridgehead atoms. The predicted octanol–water partition coefficient (Wildman–Crippen LogP) is 3.73. The van der Waals surface area contributed by atoms with E-state index in [0.29, 0.717) is 16.6 Å². The molecule has 0 atom stereocenters. The summed E-state index contributed by atoms with van der Waals surface area (Å²) in [5.74, 6) is 0.679. The number of hydrogen-bond donors (Lipinski definition) is 2. The van der Waals surface area contributed by atoms with E-state index in [1.54, 1.807) is 25.3 Å². The summed E-state index contributed by atoms with van der Waals surface area (Å²) in [5, 5.41) is 6.76. The number of ether oxygens (including phenoxy) is 1. The van der Waals surface area contributed by atoms with E-state index < -0.39 is 0 Å². The van der Waals surface area contributed by atoms with Gasteiger partial charge in [-0.05, 0) is 35.9 Å². The SMILES string of the molecule is COc1ccc(CNC(=O)CNc2ccc(Cl)c(Cl)c2)cc1. The van der Waals surface area contributed by atoms with Gasteiger partial charge < -0.3 is 15.4 Å². The van der Waals surface area contributed by atoms with Crippen molar-refractivity contribution in [1.82, 2.24) is 5.32 Å². The van der Waals surface area contributed by atoms with Gasteiger partial charge in [-0.15, -0.1) is 0 Å². The summed E-state index contributed by atoms with van der Waals surface area (Å²) in [6.45, 7) is 0.625. The standard InChI is InChI=1S/C16H16Cl2N2O2/c1-22-13-5-2-11(3-6-13)9-20-16(21)10-19-12-4-7-14(17)15(18)8-12/h2-8,19H,9-10H2,1H3,(H,20,21). The van der Waals surface area contributed by atoms with Crippen molar-refractivity contribution in [3.8, 4) is 5.75 Å². The van der Waals surface area contributed by atoms with E-state index in [-0.39, 0.29) is 12.5 Å². The Hall–Kier alpha value is -1.91. The Morgan fingerprint density at radius 1 is 1.09 bits per heavy atom. The van der Waals surface area contributed by atoms with Gasteiger partial charge in [0, 0.05) is 12.2 Å². The van der Waals surface area contributed by atoms with E-state index in [9.17, 15) is 4.79 Å². The average Bonchev–Trinajstić information content (AvgIpc) is 2.54. The van der Waals surface area contributed by atoms with Crippen molar-refractivity contribution >= 4 is 34.8 Å².